The molecule has 0 aromatic rings. The fraction of sp³-hybridized carbons (Fsp3) is 1.00. The highest BCUT2D eigenvalue weighted by Gasteiger charge is 2.31. The Hall–Kier alpha value is -0.170. The number of piperidine rings is 1. The molecule has 1 heterocycles. The third-order valence-corrected chi connectivity index (χ3v) is 4.82. The lowest BCUT2D eigenvalue weighted by Crippen LogP contribution is -2.52. The van der Waals surface area contributed by atoms with Crippen molar-refractivity contribution in [2.45, 2.75) is 46.1 Å². The quantitative estimate of drug-likeness (QED) is 0.786. The Morgan fingerprint density at radius 2 is 2.00 bits per heavy atom. The molecule has 1 aliphatic rings. The molecule has 1 unspecified atom stereocenters. The van der Waals surface area contributed by atoms with Gasteiger partial charge < -0.3 is 5.32 Å². The summed E-state index contributed by atoms with van der Waals surface area (Å²) < 4.78 is 28.7. The zero-order chi connectivity index (χ0) is 13.8. The van der Waals surface area contributed by atoms with Gasteiger partial charge in [-0.3, -0.25) is 0 Å². The highest BCUT2D eigenvalue weighted by Crippen LogP contribution is 2.19. The van der Waals surface area contributed by atoms with E-state index >= 15 is 0 Å². The van der Waals surface area contributed by atoms with Crippen molar-refractivity contribution in [3.05, 3.63) is 0 Å². The largest absolute Gasteiger partial charge is 0.317 e. The van der Waals surface area contributed by atoms with Crippen LogP contribution in [0.1, 0.15) is 40.5 Å². The van der Waals surface area contributed by atoms with Crippen LogP contribution in [-0.2, 0) is 10.2 Å². The Bertz CT molecular complexity index is 349. The summed E-state index contributed by atoms with van der Waals surface area (Å²) in [6.45, 7) is 10.8. The van der Waals surface area contributed by atoms with Crippen LogP contribution in [0.2, 0.25) is 0 Å². The first-order valence-electron chi connectivity index (χ1n) is 6.74. The third-order valence-electron chi connectivity index (χ3n) is 2.94. The van der Waals surface area contributed by atoms with Crippen LogP contribution in [0, 0.1) is 5.92 Å². The first-order valence-corrected chi connectivity index (χ1v) is 8.18. The molecule has 108 valence electrons. The van der Waals surface area contributed by atoms with E-state index in [9.17, 15) is 8.42 Å². The Labute approximate surface area is 112 Å². The van der Waals surface area contributed by atoms with Gasteiger partial charge in [0.15, 0.2) is 0 Å². The minimum absolute atomic E-state index is 0.423. The minimum atomic E-state index is -3.34. The Morgan fingerprint density at radius 1 is 1.33 bits per heavy atom. The molecular weight excluding hydrogens is 250 g/mol. The fourth-order valence-corrected chi connectivity index (χ4v) is 3.89. The standard InChI is InChI=1S/C12H27N3O2S/c1-5-13-9-11-7-6-8-15(10-11)18(16,17)14-12(2,3)4/h11,13-14H,5-10H2,1-4H3. The molecule has 0 aromatic carbocycles. The molecule has 6 heteroatoms. The first kappa shape index (κ1) is 15.9. The molecule has 0 spiro atoms. The van der Waals surface area contributed by atoms with E-state index < -0.39 is 15.7 Å². The second-order valence-corrected chi connectivity index (χ2v) is 7.70. The highest BCUT2D eigenvalue weighted by atomic mass is 32.2. The van der Waals surface area contributed by atoms with Gasteiger partial charge in [0, 0.05) is 18.6 Å². The van der Waals surface area contributed by atoms with E-state index in [1.165, 1.54) is 0 Å². The molecule has 1 rings (SSSR count). The maximum atomic E-state index is 12.2. The Morgan fingerprint density at radius 3 is 2.56 bits per heavy atom. The molecule has 0 saturated carbocycles. The molecule has 1 fully saturated rings. The van der Waals surface area contributed by atoms with E-state index in [2.05, 4.69) is 17.0 Å². The normalized spacial score (nSPS) is 23.2. The zero-order valence-corrected chi connectivity index (χ0v) is 12.8. The number of hydrogen-bond donors (Lipinski definition) is 2. The minimum Gasteiger partial charge on any atom is -0.317 e. The van der Waals surface area contributed by atoms with Crippen molar-refractivity contribution in [3.63, 3.8) is 0 Å². The number of rotatable bonds is 5. The van der Waals surface area contributed by atoms with Crippen LogP contribution in [0.3, 0.4) is 0 Å². The van der Waals surface area contributed by atoms with E-state index in [1.807, 2.05) is 20.8 Å². The van der Waals surface area contributed by atoms with Crippen molar-refractivity contribution < 1.29 is 8.42 Å². The van der Waals surface area contributed by atoms with E-state index in [-0.39, 0.29) is 0 Å². The van der Waals surface area contributed by atoms with Crippen LogP contribution in [0.25, 0.3) is 0 Å². The van der Waals surface area contributed by atoms with Gasteiger partial charge in [0.05, 0.1) is 0 Å². The molecule has 0 aliphatic carbocycles. The topological polar surface area (TPSA) is 61.4 Å². The van der Waals surface area contributed by atoms with Crippen LogP contribution in [-0.4, -0.2) is 44.4 Å². The zero-order valence-electron chi connectivity index (χ0n) is 12.0. The van der Waals surface area contributed by atoms with Crippen molar-refractivity contribution in [2.75, 3.05) is 26.2 Å². The average Bonchev–Trinajstić information content (AvgIpc) is 2.23. The van der Waals surface area contributed by atoms with Crippen LogP contribution < -0.4 is 10.0 Å². The van der Waals surface area contributed by atoms with Gasteiger partial charge in [-0.05, 0) is 52.6 Å². The van der Waals surface area contributed by atoms with Gasteiger partial charge >= 0.3 is 0 Å². The maximum absolute atomic E-state index is 12.2. The lowest BCUT2D eigenvalue weighted by Gasteiger charge is -2.34. The lowest BCUT2D eigenvalue weighted by molar-refractivity contribution is 0.255. The van der Waals surface area contributed by atoms with E-state index in [0.717, 1.165) is 25.9 Å². The van der Waals surface area contributed by atoms with Gasteiger partial charge in [-0.25, -0.2) is 0 Å². The summed E-state index contributed by atoms with van der Waals surface area (Å²) in [5.41, 5.74) is -0.423. The molecule has 1 atom stereocenters. The molecule has 0 amide bonds. The van der Waals surface area contributed by atoms with Gasteiger partial charge in [-0.1, -0.05) is 6.92 Å². The number of nitrogens with zero attached hydrogens (tertiary/aromatic N) is 1. The van der Waals surface area contributed by atoms with Crippen molar-refractivity contribution in [1.82, 2.24) is 14.3 Å². The van der Waals surface area contributed by atoms with Crippen LogP contribution in [0.5, 0.6) is 0 Å². The summed E-state index contributed by atoms with van der Waals surface area (Å²) in [4.78, 5) is 0. The maximum Gasteiger partial charge on any atom is 0.279 e. The molecule has 18 heavy (non-hydrogen) atoms. The fourth-order valence-electron chi connectivity index (χ4n) is 2.21. The summed E-state index contributed by atoms with van der Waals surface area (Å²) in [6, 6.07) is 0. The van der Waals surface area contributed by atoms with Crippen molar-refractivity contribution in [1.29, 1.82) is 0 Å². The van der Waals surface area contributed by atoms with Crippen LogP contribution in [0.4, 0.5) is 0 Å². The second-order valence-electron chi connectivity index (χ2n) is 6.03. The van der Waals surface area contributed by atoms with Crippen molar-refractivity contribution in [3.8, 4) is 0 Å². The molecule has 0 bridgehead atoms. The van der Waals surface area contributed by atoms with Gasteiger partial charge in [0.25, 0.3) is 10.2 Å². The third kappa shape index (κ3) is 5.22. The van der Waals surface area contributed by atoms with Crippen LogP contribution >= 0.6 is 0 Å². The molecule has 0 radical (unpaired) electrons. The van der Waals surface area contributed by atoms with Gasteiger partial charge in [-0.2, -0.15) is 17.4 Å². The number of nitrogens with one attached hydrogen (secondary N) is 2. The predicted octanol–water partition coefficient (Wildman–Crippen LogP) is 0.941. The SMILES string of the molecule is CCNCC1CCCN(S(=O)(=O)NC(C)(C)C)C1. The molecule has 1 aliphatic heterocycles. The number of hydrogen-bond acceptors (Lipinski definition) is 3. The van der Waals surface area contributed by atoms with Gasteiger partial charge in [0.1, 0.15) is 0 Å². The summed E-state index contributed by atoms with van der Waals surface area (Å²) in [5, 5.41) is 3.30. The highest BCUT2D eigenvalue weighted by molar-refractivity contribution is 7.87. The molecule has 1 saturated heterocycles. The van der Waals surface area contributed by atoms with E-state index in [0.29, 0.717) is 19.0 Å². The molecular formula is C12H27N3O2S. The molecule has 0 aromatic heterocycles. The smallest absolute Gasteiger partial charge is 0.279 e. The summed E-state index contributed by atoms with van der Waals surface area (Å²) >= 11 is 0. The summed E-state index contributed by atoms with van der Waals surface area (Å²) in [7, 11) is -3.34. The Kier molecular flexibility index (Phi) is 5.58. The monoisotopic (exact) mass is 277 g/mol. The van der Waals surface area contributed by atoms with Crippen molar-refractivity contribution in [2.24, 2.45) is 5.92 Å². The first-order chi connectivity index (χ1) is 8.24. The van der Waals surface area contributed by atoms with Gasteiger partial charge in [-0.15, -0.1) is 0 Å². The predicted molar refractivity (Wildman–Crippen MR) is 74.6 cm³/mol. The van der Waals surface area contributed by atoms with Gasteiger partial charge in [0.2, 0.25) is 0 Å². The van der Waals surface area contributed by atoms with Crippen molar-refractivity contribution >= 4 is 10.2 Å². The average molecular weight is 277 g/mol. The van der Waals surface area contributed by atoms with Crippen LogP contribution in [0.15, 0.2) is 0 Å². The molecule has 2 N–H and O–H groups in total. The molecule has 5 nitrogen and oxygen atoms in total. The summed E-state index contributed by atoms with van der Waals surface area (Å²) in [5.74, 6) is 0.426. The second kappa shape index (κ2) is 6.32. The Balaban J connectivity index is 2.60. The van der Waals surface area contributed by atoms with E-state index in [4.69, 9.17) is 0 Å². The lowest BCUT2D eigenvalue weighted by atomic mass is 10.00. The summed E-state index contributed by atoms with van der Waals surface area (Å²) in [6.07, 6.45) is 2.05. The van der Waals surface area contributed by atoms with E-state index in [1.54, 1.807) is 4.31 Å².